The molecule has 112 valence electrons. The predicted octanol–water partition coefficient (Wildman–Crippen LogP) is 2.89. The van der Waals surface area contributed by atoms with Gasteiger partial charge in [-0.1, -0.05) is 17.7 Å². The number of hydrogen-bond acceptors (Lipinski definition) is 4. The van der Waals surface area contributed by atoms with E-state index >= 15 is 0 Å². The van der Waals surface area contributed by atoms with Gasteiger partial charge in [-0.05, 0) is 51.7 Å². The molecule has 0 aliphatic carbocycles. The molecule has 2 atom stereocenters. The van der Waals surface area contributed by atoms with Gasteiger partial charge in [0.1, 0.15) is 0 Å². The van der Waals surface area contributed by atoms with Gasteiger partial charge in [0.25, 0.3) is 0 Å². The minimum atomic E-state index is -0.550. The zero-order valence-corrected chi connectivity index (χ0v) is 12.7. The number of ether oxygens (including phenoxy) is 2. The molecule has 1 aliphatic rings. The van der Waals surface area contributed by atoms with Crippen LogP contribution in [0.3, 0.4) is 0 Å². The van der Waals surface area contributed by atoms with E-state index in [1.165, 1.54) is 12.7 Å². The summed E-state index contributed by atoms with van der Waals surface area (Å²) in [7, 11) is 1.50. The quantitative estimate of drug-likeness (QED) is 0.575. The van der Waals surface area contributed by atoms with Crippen LogP contribution in [-0.2, 0) is 14.3 Å². The van der Waals surface area contributed by atoms with Crippen molar-refractivity contribution >= 4 is 5.97 Å². The van der Waals surface area contributed by atoms with Crippen molar-refractivity contribution in [2.45, 2.75) is 52.4 Å². The summed E-state index contributed by atoms with van der Waals surface area (Å²) < 4.78 is 9.91. The average molecular weight is 280 g/mol. The molecule has 0 aromatic carbocycles. The van der Waals surface area contributed by atoms with E-state index in [0.29, 0.717) is 24.8 Å². The van der Waals surface area contributed by atoms with E-state index in [-0.39, 0.29) is 5.97 Å². The molecular weight excluding hydrogens is 256 g/mol. The lowest BCUT2D eigenvalue weighted by atomic mass is 10.0. The highest BCUT2D eigenvalue weighted by Gasteiger charge is 2.24. The monoisotopic (exact) mass is 280 g/mol. The summed E-state index contributed by atoms with van der Waals surface area (Å²) in [6.45, 7) is 5.93. The Morgan fingerprint density at radius 3 is 2.70 bits per heavy atom. The SMILES string of the molecule is CO[C@@H]1C=C(CC/C=C(\C)[C@H](O)CC=C(C)C)C(=O)O1. The highest BCUT2D eigenvalue weighted by Crippen LogP contribution is 2.19. The van der Waals surface area contributed by atoms with Gasteiger partial charge in [-0.25, -0.2) is 4.79 Å². The van der Waals surface area contributed by atoms with Crippen molar-refractivity contribution in [3.8, 4) is 0 Å². The number of aliphatic hydroxyl groups excluding tert-OH is 1. The van der Waals surface area contributed by atoms with Crippen LogP contribution in [0.15, 0.2) is 34.9 Å². The van der Waals surface area contributed by atoms with Gasteiger partial charge in [0.05, 0.1) is 6.10 Å². The number of carbonyl (C=O) groups is 1. The maximum absolute atomic E-state index is 11.5. The van der Waals surface area contributed by atoms with Crippen LogP contribution >= 0.6 is 0 Å². The Labute approximate surface area is 120 Å². The smallest absolute Gasteiger partial charge is 0.336 e. The molecule has 1 heterocycles. The van der Waals surface area contributed by atoms with Gasteiger partial charge in [-0.15, -0.1) is 0 Å². The minimum absolute atomic E-state index is 0.312. The number of hydrogen-bond donors (Lipinski definition) is 1. The van der Waals surface area contributed by atoms with Gasteiger partial charge >= 0.3 is 5.97 Å². The van der Waals surface area contributed by atoms with Crippen molar-refractivity contribution in [1.29, 1.82) is 0 Å². The third-order valence-corrected chi connectivity index (χ3v) is 3.21. The van der Waals surface area contributed by atoms with E-state index in [9.17, 15) is 9.90 Å². The molecule has 0 fully saturated rings. The number of methoxy groups -OCH3 is 1. The molecule has 1 rings (SSSR count). The molecule has 0 unspecified atom stereocenters. The summed E-state index contributed by atoms with van der Waals surface area (Å²) in [5.41, 5.74) is 2.76. The molecule has 0 aromatic heterocycles. The number of aliphatic hydroxyl groups is 1. The highest BCUT2D eigenvalue weighted by molar-refractivity contribution is 5.90. The molecule has 0 saturated carbocycles. The van der Waals surface area contributed by atoms with Gasteiger partial charge < -0.3 is 14.6 Å². The van der Waals surface area contributed by atoms with E-state index < -0.39 is 12.4 Å². The maximum Gasteiger partial charge on any atom is 0.336 e. The van der Waals surface area contributed by atoms with Crippen molar-refractivity contribution in [2.24, 2.45) is 0 Å². The molecule has 0 bridgehead atoms. The molecule has 4 nitrogen and oxygen atoms in total. The Morgan fingerprint density at radius 2 is 2.15 bits per heavy atom. The zero-order chi connectivity index (χ0) is 15.1. The fourth-order valence-corrected chi connectivity index (χ4v) is 1.87. The van der Waals surface area contributed by atoms with Crippen LogP contribution in [0.2, 0.25) is 0 Å². The Balaban J connectivity index is 2.44. The first-order chi connectivity index (χ1) is 9.43. The van der Waals surface area contributed by atoms with Crippen molar-refractivity contribution in [2.75, 3.05) is 7.11 Å². The summed E-state index contributed by atoms with van der Waals surface area (Å²) in [4.78, 5) is 11.5. The minimum Gasteiger partial charge on any atom is -0.429 e. The molecule has 0 amide bonds. The van der Waals surface area contributed by atoms with Gasteiger partial charge in [0.15, 0.2) is 0 Å². The summed E-state index contributed by atoms with van der Waals surface area (Å²) >= 11 is 0. The second kappa shape index (κ2) is 8.02. The zero-order valence-electron chi connectivity index (χ0n) is 12.7. The van der Waals surface area contributed by atoms with Crippen LogP contribution in [0.5, 0.6) is 0 Å². The predicted molar refractivity (Wildman–Crippen MR) is 78.0 cm³/mol. The van der Waals surface area contributed by atoms with Gasteiger partial charge in [0, 0.05) is 12.7 Å². The molecule has 0 spiro atoms. The van der Waals surface area contributed by atoms with E-state index in [0.717, 1.165) is 5.57 Å². The lowest BCUT2D eigenvalue weighted by Crippen LogP contribution is -2.09. The molecule has 1 aliphatic heterocycles. The van der Waals surface area contributed by atoms with Crippen molar-refractivity contribution in [3.05, 3.63) is 34.9 Å². The number of carbonyl (C=O) groups excluding carboxylic acids is 1. The Hall–Kier alpha value is -1.39. The second-order valence-electron chi connectivity index (χ2n) is 5.22. The maximum atomic E-state index is 11.5. The van der Waals surface area contributed by atoms with E-state index in [1.807, 2.05) is 32.9 Å². The van der Waals surface area contributed by atoms with Crippen LogP contribution in [0.1, 0.15) is 40.0 Å². The fourth-order valence-electron chi connectivity index (χ4n) is 1.87. The number of rotatable bonds is 7. The summed E-state index contributed by atoms with van der Waals surface area (Å²) in [6.07, 6.45) is 6.61. The van der Waals surface area contributed by atoms with Gasteiger partial charge in [-0.2, -0.15) is 0 Å². The van der Waals surface area contributed by atoms with E-state index in [2.05, 4.69) is 0 Å². The number of esters is 1. The lowest BCUT2D eigenvalue weighted by Gasteiger charge is -2.09. The lowest BCUT2D eigenvalue weighted by molar-refractivity contribution is -0.155. The molecule has 0 aromatic rings. The topological polar surface area (TPSA) is 55.8 Å². The average Bonchev–Trinajstić information content (AvgIpc) is 2.76. The Morgan fingerprint density at radius 1 is 1.45 bits per heavy atom. The number of cyclic esters (lactones) is 1. The second-order valence-corrected chi connectivity index (χ2v) is 5.22. The Bertz CT molecular complexity index is 428. The van der Waals surface area contributed by atoms with Gasteiger partial charge in [-0.3, -0.25) is 0 Å². The first kappa shape index (κ1) is 16.7. The third-order valence-electron chi connectivity index (χ3n) is 3.21. The molecule has 20 heavy (non-hydrogen) atoms. The van der Waals surface area contributed by atoms with Crippen molar-refractivity contribution < 1.29 is 19.4 Å². The standard InChI is InChI=1S/C16H24O4/c1-11(2)8-9-14(17)12(3)6-5-7-13-10-15(19-4)20-16(13)18/h6,8,10,14-15,17H,5,7,9H2,1-4H3/b12-6+/t14-,15+/m1/s1. The van der Waals surface area contributed by atoms with Crippen LogP contribution in [0.4, 0.5) is 0 Å². The molecule has 0 saturated heterocycles. The summed E-state index contributed by atoms with van der Waals surface area (Å²) in [6, 6.07) is 0. The first-order valence-electron chi connectivity index (χ1n) is 6.86. The largest absolute Gasteiger partial charge is 0.429 e. The Kier molecular flexibility index (Phi) is 6.68. The van der Waals surface area contributed by atoms with Crippen LogP contribution in [-0.4, -0.2) is 30.6 Å². The fraction of sp³-hybridized carbons (Fsp3) is 0.562. The number of allylic oxidation sites excluding steroid dienone is 2. The summed E-state index contributed by atoms with van der Waals surface area (Å²) in [5, 5.41) is 9.95. The summed E-state index contributed by atoms with van der Waals surface area (Å²) in [5.74, 6) is -0.312. The molecule has 0 radical (unpaired) electrons. The van der Waals surface area contributed by atoms with E-state index in [4.69, 9.17) is 9.47 Å². The van der Waals surface area contributed by atoms with Crippen LogP contribution in [0.25, 0.3) is 0 Å². The molecule has 1 N–H and O–H groups in total. The third kappa shape index (κ3) is 5.31. The molecular formula is C16H24O4. The highest BCUT2D eigenvalue weighted by atomic mass is 16.7. The van der Waals surface area contributed by atoms with E-state index in [1.54, 1.807) is 6.08 Å². The van der Waals surface area contributed by atoms with Crippen molar-refractivity contribution in [1.82, 2.24) is 0 Å². The van der Waals surface area contributed by atoms with Crippen LogP contribution < -0.4 is 0 Å². The van der Waals surface area contributed by atoms with Crippen LogP contribution in [0, 0.1) is 0 Å². The molecule has 4 heteroatoms. The van der Waals surface area contributed by atoms with Gasteiger partial charge in [0.2, 0.25) is 6.29 Å². The van der Waals surface area contributed by atoms with Crippen molar-refractivity contribution in [3.63, 3.8) is 0 Å². The first-order valence-corrected chi connectivity index (χ1v) is 6.86. The normalized spacial score (nSPS) is 20.4.